The van der Waals surface area contributed by atoms with Crippen LogP contribution in [-0.4, -0.2) is 0 Å². The second-order valence-electron chi connectivity index (χ2n) is 6.86. The van der Waals surface area contributed by atoms with Crippen LogP contribution in [0, 0.1) is 20.8 Å². The molecule has 0 aliphatic rings. The molecule has 0 fully saturated rings. The summed E-state index contributed by atoms with van der Waals surface area (Å²) >= 11 is 0. The Kier molecular flexibility index (Phi) is 4.41. The normalized spacial score (nSPS) is 11.5. The molecule has 0 atom stereocenters. The molecule has 2 aromatic rings. The van der Waals surface area contributed by atoms with Gasteiger partial charge in [0.25, 0.3) is 0 Å². The molecule has 0 aliphatic heterocycles. The summed E-state index contributed by atoms with van der Waals surface area (Å²) in [6.07, 6.45) is 0. The summed E-state index contributed by atoms with van der Waals surface area (Å²) in [5.41, 5.74) is 6.44. The molecule has 0 spiro atoms. The first-order valence-corrected chi connectivity index (χ1v) is 7.58. The van der Waals surface area contributed by atoms with Crippen molar-refractivity contribution in [1.82, 2.24) is 0 Å². The number of hydrogen-bond donors (Lipinski definition) is 0. The number of aryl methyl sites for hydroxylation is 3. The molecule has 0 unspecified atom stereocenters. The monoisotopic (exact) mass is 282 g/mol. The summed E-state index contributed by atoms with van der Waals surface area (Å²) in [6.45, 7) is 13.7. The zero-order chi connectivity index (χ0) is 15.6. The van der Waals surface area contributed by atoms with Gasteiger partial charge in [-0.15, -0.1) is 0 Å². The maximum Gasteiger partial charge on any atom is 0.126 e. The summed E-state index contributed by atoms with van der Waals surface area (Å²) in [5.74, 6) is 1.03. The van der Waals surface area contributed by atoms with Gasteiger partial charge in [-0.2, -0.15) is 0 Å². The highest BCUT2D eigenvalue weighted by molar-refractivity contribution is 5.45. The summed E-state index contributed by atoms with van der Waals surface area (Å²) in [4.78, 5) is 0. The average molecular weight is 282 g/mol. The lowest BCUT2D eigenvalue weighted by atomic mass is 9.85. The summed E-state index contributed by atoms with van der Waals surface area (Å²) < 4.78 is 6.24. The number of para-hydroxylation sites is 1. The first-order valence-electron chi connectivity index (χ1n) is 7.58. The van der Waals surface area contributed by atoms with E-state index in [1.807, 2.05) is 0 Å². The number of benzene rings is 2. The first-order chi connectivity index (χ1) is 9.80. The second-order valence-corrected chi connectivity index (χ2v) is 6.86. The van der Waals surface area contributed by atoms with E-state index in [2.05, 4.69) is 77.9 Å². The fourth-order valence-electron chi connectivity index (χ4n) is 2.66. The molecule has 1 heteroatoms. The van der Waals surface area contributed by atoms with Crippen LogP contribution in [0.5, 0.6) is 5.75 Å². The van der Waals surface area contributed by atoms with Gasteiger partial charge < -0.3 is 4.74 Å². The van der Waals surface area contributed by atoms with E-state index in [9.17, 15) is 0 Å². The van der Waals surface area contributed by atoms with Crippen LogP contribution in [0.4, 0.5) is 0 Å². The van der Waals surface area contributed by atoms with Crippen LogP contribution in [0.2, 0.25) is 0 Å². The van der Waals surface area contributed by atoms with E-state index >= 15 is 0 Å². The van der Waals surface area contributed by atoms with E-state index in [0.717, 1.165) is 5.75 Å². The van der Waals surface area contributed by atoms with Gasteiger partial charge >= 0.3 is 0 Å². The molecule has 21 heavy (non-hydrogen) atoms. The lowest BCUT2D eigenvalue weighted by Crippen LogP contribution is -2.14. The van der Waals surface area contributed by atoms with E-state index in [1.54, 1.807) is 0 Å². The van der Waals surface area contributed by atoms with Gasteiger partial charge in [-0.25, -0.2) is 0 Å². The van der Waals surface area contributed by atoms with Gasteiger partial charge in [0.1, 0.15) is 12.4 Å². The Hall–Kier alpha value is -1.76. The highest BCUT2D eigenvalue weighted by atomic mass is 16.5. The van der Waals surface area contributed by atoms with Gasteiger partial charge in [-0.1, -0.05) is 57.2 Å². The Morgan fingerprint density at radius 2 is 1.33 bits per heavy atom. The molecule has 0 aromatic heterocycles. The third kappa shape index (κ3) is 3.47. The Labute approximate surface area is 129 Å². The van der Waals surface area contributed by atoms with Crippen molar-refractivity contribution in [1.29, 1.82) is 0 Å². The van der Waals surface area contributed by atoms with E-state index in [4.69, 9.17) is 4.74 Å². The van der Waals surface area contributed by atoms with E-state index < -0.39 is 0 Å². The molecule has 112 valence electrons. The van der Waals surface area contributed by atoms with E-state index in [0.29, 0.717) is 6.61 Å². The molecule has 0 bridgehead atoms. The number of rotatable bonds is 3. The molecule has 0 amide bonds. The SMILES string of the molecule is Cc1cccc(C)c1COc1c(C)cccc1C(C)(C)C. The maximum atomic E-state index is 6.24. The van der Waals surface area contributed by atoms with Crippen LogP contribution in [0.1, 0.15) is 48.6 Å². The topological polar surface area (TPSA) is 9.23 Å². The molecule has 1 nitrogen and oxygen atoms in total. The molecule has 0 saturated heterocycles. The van der Waals surface area contributed by atoms with Crippen molar-refractivity contribution in [3.63, 3.8) is 0 Å². The Balaban J connectivity index is 2.33. The average Bonchev–Trinajstić information content (AvgIpc) is 2.38. The minimum atomic E-state index is 0.0854. The molecule has 0 N–H and O–H groups in total. The molecule has 0 heterocycles. The van der Waals surface area contributed by atoms with Gasteiger partial charge in [-0.3, -0.25) is 0 Å². The van der Waals surface area contributed by atoms with Gasteiger partial charge in [0, 0.05) is 0 Å². The third-order valence-electron chi connectivity index (χ3n) is 4.03. The predicted octanol–water partition coefficient (Wildman–Crippen LogP) is 5.49. The van der Waals surface area contributed by atoms with Crippen LogP contribution in [-0.2, 0) is 12.0 Å². The third-order valence-corrected chi connectivity index (χ3v) is 4.03. The lowest BCUT2D eigenvalue weighted by Gasteiger charge is -2.24. The minimum absolute atomic E-state index is 0.0854. The largest absolute Gasteiger partial charge is 0.488 e. The van der Waals surface area contributed by atoms with Crippen molar-refractivity contribution in [2.45, 2.75) is 53.6 Å². The maximum absolute atomic E-state index is 6.24. The van der Waals surface area contributed by atoms with Crippen molar-refractivity contribution in [3.05, 3.63) is 64.2 Å². The molecule has 2 rings (SSSR count). The van der Waals surface area contributed by atoms with E-state index in [-0.39, 0.29) is 5.41 Å². The number of ether oxygens (including phenoxy) is 1. The van der Waals surface area contributed by atoms with Crippen molar-refractivity contribution < 1.29 is 4.74 Å². The highest BCUT2D eigenvalue weighted by Crippen LogP contribution is 2.34. The Morgan fingerprint density at radius 1 is 0.810 bits per heavy atom. The molecule has 0 aliphatic carbocycles. The van der Waals surface area contributed by atoms with E-state index in [1.165, 1.54) is 27.8 Å². The van der Waals surface area contributed by atoms with Gasteiger partial charge in [0.15, 0.2) is 0 Å². The van der Waals surface area contributed by atoms with Crippen molar-refractivity contribution >= 4 is 0 Å². The Bertz CT molecular complexity index is 613. The molecule has 2 aromatic carbocycles. The fourth-order valence-corrected chi connectivity index (χ4v) is 2.66. The zero-order valence-corrected chi connectivity index (χ0v) is 14.1. The van der Waals surface area contributed by atoms with Gasteiger partial charge in [-0.05, 0) is 54.0 Å². The summed E-state index contributed by atoms with van der Waals surface area (Å²) in [7, 11) is 0. The summed E-state index contributed by atoms with van der Waals surface area (Å²) in [5, 5.41) is 0. The Morgan fingerprint density at radius 3 is 1.90 bits per heavy atom. The van der Waals surface area contributed by atoms with Crippen molar-refractivity contribution in [2.24, 2.45) is 0 Å². The number of hydrogen-bond acceptors (Lipinski definition) is 1. The molecular weight excluding hydrogens is 256 g/mol. The van der Waals surface area contributed by atoms with Crippen molar-refractivity contribution in [3.8, 4) is 5.75 Å². The van der Waals surface area contributed by atoms with Crippen LogP contribution in [0.3, 0.4) is 0 Å². The van der Waals surface area contributed by atoms with Gasteiger partial charge in [0.2, 0.25) is 0 Å². The standard InChI is InChI=1S/C20H26O/c1-14-9-7-10-15(2)17(14)13-21-19-16(3)11-8-12-18(19)20(4,5)6/h7-12H,13H2,1-6H3. The fraction of sp³-hybridized carbons (Fsp3) is 0.400. The summed E-state index contributed by atoms with van der Waals surface area (Å²) in [6, 6.07) is 12.8. The quantitative estimate of drug-likeness (QED) is 0.723. The van der Waals surface area contributed by atoms with Crippen LogP contribution in [0.25, 0.3) is 0 Å². The first kappa shape index (κ1) is 15.6. The second kappa shape index (κ2) is 5.93. The smallest absolute Gasteiger partial charge is 0.126 e. The minimum Gasteiger partial charge on any atom is -0.488 e. The van der Waals surface area contributed by atoms with Crippen LogP contribution in [0.15, 0.2) is 36.4 Å². The highest BCUT2D eigenvalue weighted by Gasteiger charge is 2.20. The lowest BCUT2D eigenvalue weighted by molar-refractivity contribution is 0.294. The zero-order valence-electron chi connectivity index (χ0n) is 14.1. The predicted molar refractivity (Wildman–Crippen MR) is 90.1 cm³/mol. The molecule has 0 saturated carbocycles. The molecular formula is C20H26O. The van der Waals surface area contributed by atoms with Crippen molar-refractivity contribution in [2.75, 3.05) is 0 Å². The van der Waals surface area contributed by atoms with Gasteiger partial charge in [0.05, 0.1) is 0 Å². The van der Waals surface area contributed by atoms with Crippen LogP contribution < -0.4 is 4.74 Å². The van der Waals surface area contributed by atoms with Crippen LogP contribution >= 0.6 is 0 Å². The molecule has 0 radical (unpaired) electrons.